The molecule has 72 valence electrons. The second-order valence-electron chi connectivity index (χ2n) is 3.52. The Morgan fingerprint density at radius 2 is 1.77 bits per heavy atom. The van der Waals surface area contributed by atoms with Crippen LogP contribution < -0.4 is 10.5 Å². The van der Waals surface area contributed by atoms with Crippen molar-refractivity contribution in [3.63, 3.8) is 0 Å². The van der Waals surface area contributed by atoms with Crippen molar-refractivity contribution in [2.75, 3.05) is 7.05 Å². The fourth-order valence-electron chi connectivity index (χ4n) is 1.09. The monoisotopic (exact) mass is 196 g/mol. The molecule has 0 spiro atoms. The lowest BCUT2D eigenvalue weighted by Crippen LogP contribution is -2.32. The molecule has 0 radical (unpaired) electrons. The molecule has 1 aromatic rings. The van der Waals surface area contributed by atoms with E-state index in [0.29, 0.717) is 0 Å². The van der Waals surface area contributed by atoms with Gasteiger partial charge >= 0.3 is 0 Å². The van der Waals surface area contributed by atoms with Gasteiger partial charge in [-0.05, 0) is 50.5 Å². The summed E-state index contributed by atoms with van der Waals surface area (Å²) < 4.78 is 0. The van der Waals surface area contributed by atoms with Crippen molar-refractivity contribution < 1.29 is 0 Å². The average Bonchev–Trinajstić information content (AvgIpc) is 2.18. The van der Waals surface area contributed by atoms with Gasteiger partial charge in [-0.1, -0.05) is 12.1 Å². The Kier molecular flexibility index (Phi) is 3.36. The van der Waals surface area contributed by atoms with Crippen LogP contribution in [0.4, 0.5) is 0 Å². The molecule has 13 heavy (non-hydrogen) atoms. The third kappa shape index (κ3) is 2.46. The summed E-state index contributed by atoms with van der Waals surface area (Å²) in [6, 6.07) is 8.29. The number of hydrogen-bond acceptors (Lipinski definition) is 3. The van der Waals surface area contributed by atoms with Crippen LogP contribution in [-0.4, -0.2) is 7.05 Å². The molecule has 0 saturated heterocycles. The minimum absolute atomic E-state index is 0.0256. The summed E-state index contributed by atoms with van der Waals surface area (Å²) in [4.78, 5) is 1.09. The van der Waals surface area contributed by atoms with E-state index in [0.717, 1.165) is 4.90 Å². The van der Waals surface area contributed by atoms with E-state index in [-0.39, 0.29) is 5.54 Å². The Morgan fingerprint density at radius 3 is 2.15 bits per heavy atom. The lowest BCUT2D eigenvalue weighted by Gasteiger charge is -2.24. The number of hydrogen-bond donors (Lipinski definition) is 2. The number of rotatable bonds is 3. The Labute approximate surface area is 84.0 Å². The van der Waals surface area contributed by atoms with Gasteiger partial charge in [0.1, 0.15) is 0 Å². The van der Waals surface area contributed by atoms with Gasteiger partial charge in [0, 0.05) is 10.4 Å². The first-order chi connectivity index (χ1) is 6.10. The van der Waals surface area contributed by atoms with Crippen LogP contribution in [0.25, 0.3) is 0 Å². The van der Waals surface area contributed by atoms with Crippen LogP contribution in [0.15, 0.2) is 29.2 Å². The van der Waals surface area contributed by atoms with Crippen LogP contribution in [0.2, 0.25) is 0 Å². The van der Waals surface area contributed by atoms with Crippen molar-refractivity contribution in [1.82, 2.24) is 5.32 Å². The lowest BCUT2D eigenvalue weighted by atomic mass is 9.95. The molecule has 0 aliphatic heterocycles. The predicted molar refractivity (Wildman–Crippen MR) is 58.6 cm³/mol. The summed E-state index contributed by atoms with van der Waals surface area (Å²) in [5.74, 6) is 0. The summed E-state index contributed by atoms with van der Waals surface area (Å²) in [5.41, 5.74) is 1.30. The van der Waals surface area contributed by atoms with Crippen molar-refractivity contribution in [1.29, 1.82) is 0 Å². The molecule has 1 aromatic carbocycles. The molecule has 0 heterocycles. The largest absolute Gasteiger partial charge is 0.311 e. The molecular formula is C10H16N2S. The summed E-state index contributed by atoms with van der Waals surface area (Å²) in [6.45, 7) is 4.30. The van der Waals surface area contributed by atoms with Crippen molar-refractivity contribution in [2.24, 2.45) is 5.14 Å². The molecule has 3 heteroatoms. The van der Waals surface area contributed by atoms with Crippen molar-refractivity contribution in [3.8, 4) is 0 Å². The second kappa shape index (κ2) is 4.13. The lowest BCUT2D eigenvalue weighted by molar-refractivity contribution is 0.444. The molecule has 0 amide bonds. The maximum Gasteiger partial charge on any atom is 0.0374 e. The van der Waals surface area contributed by atoms with Crippen LogP contribution in [0, 0.1) is 0 Å². The van der Waals surface area contributed by atoms with Crippen LogP contribution in [0.3, 0.4) is 0 Å². The quantitative estimate of drug-likeness (QED) is 0.727. The first-order valence-corrected chi connectivity index (χ1v) is 5.14. The highest BCUT2D eigenvalue weighted by molar-refractivity contribution is 7.97. The van der Waals surface area contributed by atoms with Gasteiger partial charge in [-0.3, -0.25) is 5.14 Å². The summed E-state index contributed by atoms with van der Waals surface area (Å²) in [5, 5.41) is 8.70. The smallest absolute Gasteiger partial charge is 0.0374 e. The van der Waals surface area contributed by atoms with E-state index in [1.165, 1.54) is 17.5 Å². The Bertz CT molecular complexity index is 267. The average molecular weight is 196 g/mol. The molecule has 0 bridgehead atoms. The zero-order valence-corrected chi connectivity index (χ0v) is 9.11. The van der Waals surface area contributed by atoms with Gasteiger partial charge in [0.15, 0.2) is 0 Å². The van der Waals surface area contributed by atoms with Crippen molar-refractivity contribution >= 4 is 11.9 Å². The van der Waals surface area contributed by atoms with Gasteiger partial charge in [-0.2, -0.15) is 0 Å². The van der Waals surface area contributed by atoms with Gasteiger partial charge in [0.05, 0.1) is 0 Å². The van der Waals surface area contributed by atoms with Crippen LogP contribution >= 0.6 is 11.9 Å². The summed E-state index contributed by atoms with van der Waals surface area (Å²) in [7, 11) is 1.96. The van der Waals surface area contributed by atoms with Gasteiger partial charge in [0.25, 0.3) is 0 Å². The minimum Gasteiger partial charge on any atom is -0.311 e. The number of nitrogens with one attached hydrogen (secondary N) is 1. The van der Waals surface area contributed by atoms with E-state index in [9.17, 15) is 0 Å². The van der Waals surface area contributed by atoms with Crippen LogP contribution in [-0.2, 0) is 5.54 Å². The zero-order valence-electron chi connectivity index (χ0n) is 8.29. The molecule has 0 aliphatic rings. The maximum atomic E-state index is 5.44. The van der Waals surface area contributed by atoms with Gasteiger partial charge in [-0.25, -0.2) is 0 Å². The molecular weight excluding hydrogens is 180 g/mol. The van der Waals surface area contributed by atoms with E-state index in [2.05, 4.69) is 31.3 Å². The predicted octanol–water partition coefficient (Wildman–Crippen LogP) is 2.11. The number of benzene rings is 1. The van der Waals surface area contributed by atoms with Gasteiger partial charge in [0.2, 0.25) is 0 Å². The highest BCUT2D eigenvalue weighted by atomic mass is 32.2. The third-order valence-corrected chi connectivity index (χ3v) is 2.88. The normalized spacial score (nSPS) is 11.7. The maximum absolute atomic E-state index is 5.44. The van der Waals surface area contributed by atoms with Gasteiger partial charge in [-0.15, -0.1) is 0 Å². The Balaban J connectivity index is 2.92. The molecule has 0 unspecified atom stereocenters. The first-order valence-electron chi connectivity index (χ1n) is 4.26. The molecule has 0 atom stereocenters. The van der Waals surface area contributed by atoms with Crippen LogP contribution in [0.5, 0.6) is 0 Å². The fourth-order valence-corrected chi connectivity index (χ4v) is 1.39. The topological polar surface area (TPSA) is 38.0 Å². The summed E-state index contributed by atoms with van der Waals surface area (Å²) >= 11 is 1.28. The Hall–Kier alpha value is -0.510. The number of nitrogens with two attached hydrogens (primary N) is 1. The molecule has 2 nitrogen and oxygen atoms in total. The first kappa shape index (κ1) is 10.6. The minimum atomic E-state index is 0.0256. The molecule has 0 aliphatic carbocycles. The van der Waals surface area contributed by atoms with Gasteiger partial charge < -0.3 is 5.32 Å². The van der Waals surface area contributed by atoms with Crippen LogP contribution in [0.1, 0.15) is 19.4 Å². The fraction of sp³-hybridized carbons (Fsp3) is 0.400. The molecule has 3 N–H and O–H groups in total. The molecule has 0 fully saturated rings. The van der Waals surface area contributed by atoms with E-state index in [1.54, 1.807) is 0 Å². The standard InChI is InChI=1S/C10H16N2S/c1-10(2,12-3)8-4-6-9(13-11)7-5-8/h4-7,12H,11H2,1-3H3. The van der Waals surface area contributed by atoms with E-state index in [4.69, 9.17) is 5.14 Å². The molecule has 0 aromatic heterocycles. The van der Waals surface area contributed by atoms with E-state index < -0.39 is 0 Å². The highest BCUT2D eigenvalue weighted by Crippen LogP contribution is 2.21. The van der Waals surface area contributed by atoms with E-state index >= 15 is 0 Å². The third-order valence-electron chi connectivity index (χ3n) is 2.34. The molecule has 0 saturated carbocycles. The summed E-state index contributed by atoms with van der Waals surface area (Å²) in [6.07, 6.45) is 0. The van der Waals surface area contributed by atoms with E-state index in [1.807, 2.05) is 19.2 Å². The second-order valence-corrected chi connectivity index (χ2v) is 4.22. The van der Waals surface area contributed by atoms with Crippen molar-refractivity contribution in [3.05, 3.63) is 29.8 Å². The Morgan fingerprint density at radius 1 is 1.23 bits per heavy atom. The highest BCUT2D eigenvalue weighted by Gasteiger charge is 2.16. The molecule has 1 rings (SSSR count). The SMILES string of the molecule is CNC(C)(C)c1ccc(SN)cc1. The van der Waals surface area contributed by atoms with Crippen molar-refractivity contribution in [2.45, 2.75) is 24.3 Å². The zero-order chi connectivity index (χ0) is 9.90.